The van der Waals surface area contributed by atoms with Crippen molar-refractivity contribution in [3.8, 4) is 16.7 Å². The number of carbonyl (C=O) groups is 1. The summed E-state index contributed by atoms with van der Waals surface area (Å²) in [6.07, 6.45) is 0.893. The number of benzene rings is 1. The van der Waals surface area contributed by atoms with Crippen molar-refractivity contribution in [1.29, 1.82) is 0 Å². The zero-order valence-corrected chi connectivity index (χ0v) is 15.7. The number of ether oxygens (including phenoxy) is 3. The van der Waals surface area contributed by atoms with Gasteiger partial charge in [-0.1, -0.05) is 11.3 Å². The minimum absolute atomic E-state index is 0.0164. The quantitative estimate of drug-likeness (QED) is 0.818. The third-order valence-electron chi connectivity index (χ3n) is 4.50. The van der Waals surface area contributed by atoms with E-state index in [2.05, 4.69) is 4.98 Å². The molecule has 1 amide bonds. The van der Waals surface area contributed by atoms with Gasteiger partial charge in [-0.2, -0.15) is 0 Å². The van der Waals surface area contributed by atoms with E-state index < -0.39 is 0 Å². The summed E-state index contributed by atoms with van der Waals surface area (Å²) < 4.78 is 16.0. The van der Waals surface area contributed by atoms with Crippen molar-refractivity contribution in [3.05, 3.63) is 34.3 Å². The van der Waals surface area contributed by atoms with Gasteiger partial charge in [0.1, 0.15) is 16.4 Å². The highest BCUT2D eigenvalue weighted by Gasteiger charge is 2.31. The summed E-state index contributed by atoms with van der Waals surface area (Å²) in [4.78, 5) is 19.6. The minimum Gasteiger partial charge on any atom is -0.497 e. The van der Waals surface area contributed by atoms with Crippen molar-refractivity contribution < 1.29 is 19.0 Å². The van der Waals surface area contributed by atoms with Crippen molar-refractivity contribution in [3.63, 3.8) is 0 Å². The van der Waals surface area contributed by atoms with Gasteiger partial charge in [0.25, 0.3) is 11.1 Å². The molecular formula is C18H22N2O4S. The van der Waals surface area contributed by atoms with E-state index in [9.17, 15) is 4.79 Å². The zero-order valence-electron chi connectivity index (χ0n) is 14.9. The highest BCUT2D eigenvalue weighted by atomic mass is 32.1. The van der Waals surface area contributed by atoms with E-state index in [4.69, 9.17) is 14.2 Å². The summed E-state index contributed by atoms with van der Waals surface area (Å²) in [5, 5.41) is 0.520. The summed E-state index contributed by atoms with van der Waals surface area (Å²) in [5.41, 5.74) is 1.80. The number of aryl methyl sites for hydroxylation is 1. The number of likely N-dealkylation sites (tertiary alicyclic amines) is 1. The first-order chi connectivity index (χ1) is 12.1. The molecule has 0 N–H and O–H groups in total. The SMILES string of the molecule is COc1ccc(OC)c([C@H]2CCN(C(=O)c3sc(OC)nc3C)C2)c1. The standard InChI is InChI=1S/C18H22N2O4S/c1-11-16(25-18(19-11)24-4)17(21)20-8-7-12(10-20)14-9-13(22-2)5-6-15(14)23-3/h5-6,9,12H,7-8,10H2,1-4H3/t12-/m0/s1. The number of thiazole rings is 1. The topological polar surface area (TPSA) is 60.9 Å². The lowest BCUT2D eigenvalue weighted by atomic mass is 9.97. The van der Waals surface area contributed by atoms with E-state index in [-0.39, 0.29) is 11.8 Å². The molecule has 1 aliphatic heterocycles. The van der Waals surface area contributed by atoms with E-state index in [0.717, 1.165) is 23.5 Å². The van der Waals surface area contributed by atoms with E-state index >= 15 is 0 Å². The van der Waals surface area contributed by atoms with Crippen LogP contribution in [0.4, 0.5) is 0 Å². The maximum atomic E-state index is 12.8. The number of hydrogen-bond donors (Lipinski definition) is 0. The Kier molecular flexibility index (Phi) is 5.13. The Morgan fingerprint density at radius 2 is 2.04 bits per heavy atom. The fourth-order valence-corrected chi connectivity index (χ4v) is 4.01. The fourth-order valence-electron chi connectivity index (χ4n) is 3.16. The summed E-state index contributed by atoms with van der Waals surface area (Å²) in [6, 6.07) is 5.79. The van der Waals surface area contributed by atoms with E-state index in [1.807, 2.05) is 30.0 Å². The van der Waals surface area contributed by atoms with Gasteiger partial charge in [-0.3, -0.25) is 4.79 Å². The second kappa shape index (κ2) is 7.31. The lowest BCUT2D eigenvalue weighted by Gasteiger charge is -2.18. The number of aromatic nitrogens is 1. The molecule has 1 saturated heterocycles. The molecule has 1 atom stereocenters. The molecule has 1 aromatic heterocycles. The molecule has 2 aromatic rings. The van der Waals surface area contributed by atoms with Crippen LogP contribution in [0.15, 0.2) is 18.2 Å². The van der Waals surface area contributed by atoms with Crippen molar-refractivity contribution in [2.24, 2.45) is 0 Å². The number of hydrogen-bond acceptors (Lipinski definition) is 6. The number of methoxy groups -OCH3 is 3. The second-order valence-electron chi connectivity index (χ2n) is 5.94. The Morgan fingerprint density at radius 1 is 1.24 bits per heavy atom. The number of amides is 1. The van der Waals surface area contributed by atoms with Crippen molar-refractivity contribution >= 4 is 17.2 Å². The predicted molar refractivity (Wildman–Crippen MR) is 96.2 cm³/mol. The van der Waals surface area contributed by atoms with Gasteiger partial charge in [0.15, 0.2) is 0 Å². The molecular weight excluding hydrogens is 340 g/mol. The molecule has 0 aliphatic carbocycles. The van der Waals surface area contributed by atoms with Crippen LogP contribution in [0, 0.1) is 6.92 Å². The summed E-state index contributed by atoms with van der Waals surface area (Å²) in [6.45, 7) is 3.20. The number of rotatable bonds is 5. The smallest absolute Gasteiger partial charge is 0.273 e. The lowest BCUT2D eigenvalue weighted by Crippen LogP contribution is -2.28. The molecule has 6 nitrogen and oxygen atoms in total. The Balaban J connectivity index is 1.79. The average molecular weight is 362 g/mol. The molecule has 0 bridgehead atoms. The van der Waals surface area contributed by atoms with Crippen LogP contribution < -0.4 is 14.2 Å². The second-order valence-corrected chi connectivity index (χ2v) is 6.90. The monoisotopic (exact) mass is 362 g/mol. The molecule has 2 heterocycles. The van der Waals surface area contributed by atoms with Gasteiger partial charge >= 0.3 is 0 Å². The van der Waals surface area contributed by atoms with Gasteiger partial charge in [-0.05, 0) is 31.5 Å². The fraction of sp³-hybridized carbons (Fsp3) is 0.444. The molecule has 25 heavy (non-hydrogen) atoms. The predicted octanol–water partition coefficient (Wildman–Crippen LogP) is 3.11. The van der Waals surface area contributed by atoms with Crippen LogP contribution >= 0.6 is 11.3 Å². The van der Waals surface area contributed by atoms with E-state index in [1.54, 1.807) is 21.3 Å². The van der Waals surface area contributed by atoms with Crippen LogP contribution in [0.2, 0.25) is 0 Å². The third kappa shape index (κ3) is 3.42. The Hall–Kier alpha value is -2.28. The number of nitrogens with zero attached hydrogens (tertiary/aromatic N) is 2. The molecule has 0 radical (unpaired) electrons. The normalized spacial score (nSPS) is 16.8. The van der Waals surface area contributed by atoms with Gasteiger partial charge < -0.3 is 19.1 Å². The Bertz CT molecular complexity index is 774. The van der Waals surface area contributed by atoms with Gasteiger partial charge in [0.2, 0.25) is 0 Å². The van der Waals surface area contributed by atoms with Gasteiger partial charge in [-0.15, -0.1) is 0 Å². The highest BCUT2D eigenvalue weighted by Crippen LogP contribution is 2.37. The molecule has 1 fully saturated rings. The molecule has 0 unspecified atom stereocenters. The lowest BCUT2D eigenvalue weighted by molar-refractivity contribution is 0.0794. The van der Waals surface area contributed by atoms with E-state index in [0.29, 0.717) is 28.9 Å². The first-order valence-corrected chi connectivity index (χ1v) is 8.91. The van der Waals surface area contributed by atoms with Crippen LogP contribution in [0.5, 0.6) is 16.7 Å². The van der Waals surface area contributed by atoms with Crippen LogP contribution in [-0.4, -0.2) is 50.2 Å². The van der Waals surface area contributed by atoms with E-state index in [1.165, 1.54) is 11.3 Å². The molecule has 0 saturated carbocycles. The van der Waals surface area contributed by atoms with Crippen LogP contribution in [0.3, 0.4) is 0 Å². The van der Waals surface area contributed by atoms with Crippen LogP contribution in [-0.2, 0) is 0 Å². The maximum Gasteiger partial charge on any atom is 0.273 e. The average Bonchev–Trinajstić information content (AvgIpc) is 3.27. The van der Waals surface area contributed by atoms with Crippen molar-refractivity contribution in [1.82, 2.24) is 9.88 Å². The van der Waals surface area contributed by atoms with Gasteiger partial charge in [-0.25, -0.2) is 4.98 Å². The molecule has 7 heteroatoms. The summed E-state index contributed by atoms with van der Waals surface area (Å²) in [7, 11) is 4.87. The van der Waals surface area contributed by atoms with Gasteiger partial charge in [0.05, 0.1) is 27.0 Å². The zero-order chi connectivity index (χ0) is 18.0. The van der Waals surface area contributed by atoms with Gasteiger partial charge in [0, 0.05) is 24.6 Å². The third-order valence-corrected chi connectivity index (χ3v) is 5.60. The Labute approximate surface area is 151 Å². The van der Waals surface area contributed by atoms with Crippen molar-refractivity contribution in [2.75, 3.05) is 34.4 Å². The molecule has 1 aromatic carbocycles. The van der Waals surface area contributed by atoms with Crippen LogP contribution in [0.25, 0.3) is 0 Å². The molecule has 134 valence electrons. The minimum atomic E-state index is 0.0164. The van der Waals surface area contributed by atoms with Crippen molar-refractivity contribution in [2.45, 2.75) is 19.3 Å². The first-order valence-electron chi connectivity index (χ1n) is 8.10. The summed E-state index contributed by atoms with van der Waals surface area (Å²) >= 11 is 1.30. The number of carbonyl (C=O) groups excluding carboxylic acids is 1. The molecule has 3 rings (SSSR count). The largest absolute Gasteiger partial charge is 0.497 e. The molecule has 1 aliphatic rings. The highest BCUT2D eigenvalue weighted by molar-refractivity contribution is 7.15. The Morgan fingerprint density at radius 3 is 2.68 bits per heavy atom. The van der Waals surface area contributed by atoms with Crippen LogP contribution in [0.1, 0.15) is 33.3 Å². The first kappa shape index (κ1) is 17.5. The summed E-state index contributed by atoms with van der Waals surface area (Å²) in [5.74, 6) is 1.87. The molecule has 0 spiro atoms. The maximum absolute atomic E-state index is 12.8.